The van der Waals surface area contributed by atoms with Crippen LogP contribution in [0.25, 0.3) is 10.2 Å². The molecule has 132 valence electrons. The van der Waals surface area contributed by atoms with Crippen LogP contribution in [0.5, 0.6) is 5.75 Å². The van der Waals surface area contributed by atoms with Crippen LogP contribution in [-0.2, 0) is 6.54 Å². The largest absolute Gasteiger partial charge is 0.492 e. The molecule has 0 radical (unpaired) electrons. The van der Waals surface area contributed by atoms with E-state index >= 15 is 0 Å². The van der Waals surface area contributed by atoms with Gasteiger partial charge in [0, 0.05) is 0 Å². The minimum atomic E-state index is -0.728. The van der Waals surface area contributed by atoms with E-state index in [0.717, 1.165) is 16.3 Å². The third kappa shape index (κ3) is 3.22. The van der Waals surface area contributed by atoms with Gasteiger partial charge in [-0.2, -0.15) is 4.99 Å². The lowest BCUT2D eigenvalue weighted by Gasteiger charge is -2.07. The fraction of sp³-hybridized carbons (Fsp3) is 0.176. The highest BCUT2D eigenvalue weighted by Crippen LogP contribution is 2.27. The Bertz CT molecular complexity index is 1100. The second-order valence-electron chi connectivity index (χ2n) is 5.02. The van der Waals surface area contributed by atoms with E-state index in [0.29, 0.717) is 17.2 Å². The molecule has 0 saturated heterocycles. The Kier molecular flexibility index (Phi) is 4.86. The van der Waals surface area contributed by atoms with E-state index in [1.165, 1.54) is 17.4 Å². The van der Waals surface area contributed by atoms with Gasteiger partial charge < -0.3 is 13.7 Å². The zero-order chi connectivity index (χ0) is 18.7. The Morgan fingerprint density at radius 3 is 2.92 bits per heavy atom. The summed E-state index contributed by atoms with van der Waals surface area (Å²) in [6.07, 6.45) is 5.46. The normalized spacial score (nSPS) is 11.5. The summed E-state index contributed by atoms with van der Waals surface area (Å²) in [7, 11) is 0. The van der Waals surface area contributed by atoms with Crippen molar-refractivity contribution >= 4 is 33.3 Å². The van der Waals surface area contributed by atoms with E-state index in [1.54, 1.807) is 4.57 Å². The molecule has 0 spiro atoms. The Labute approximate surface area is 151 Å². The van der Waals surface area contributed by atoms with Crippen LogP contribution in [0.15, 0.2) is 39.7 Å². The highest BCUT2D eigenvalue weighted by Gasteiger charge is 2.18. The average molecular weight is 371 g/mol. The molecule has 0 bridgehead atoms. The number of aromatic nitrogens is 1. The number of rotatable bonds is 5. The van der Waals surface area contributed by atoms with E-state index in [1.807, 2.05) is 25.1 Å². The molecule has 3 rings (SSSR count). The monoisotopic (exact) mass is 371 g/mol. The molecule has 1 amide bonds. The second kappa shape index (κ2) is 7.25. The van der Waals surface area contributed by atoms with E-state index < -0.39 is 16.7 Å². The first-order valence-electron chi connectivity index (χ1n) is 7.57. The number of benzene rings is 1. The number of nitro groups is 1. The van der Waals surface area contributed by atoms with Gasteiger partial charge in [-0.3, -0.25) is 14.9 Å². The first-order valence-corrected chi connectivity index (χ1v) is 8.38. The molecule has 0 atom stereocenters. The van der Waals surface area contributed by atoms with Crippen molar-refractivity contribution in [2.45, 2.75) is 13.5 Å². The lowest BCUT2D eigenvalue weighted by molar-refractivity contribution is -0.402. The average Bonchev–Trinajstić information content (AvgIpc) is 3.22. The van der Waals surface area contributed by atoms with Gasteiger partial charge in [-0.1, -0.05) is 23.3 Å². The molecule has 26 heavy (non-hydrogen) atoms. The van der Waals surface area contributed by atoms with Gasteiger partial charge in [0.25, 0.3) is 0 Å². The molecule has 0 aliphatic carbocycles. The highest BCUT2D eigenvalue weighted by molar-refractivity contribution is 7.16. The van der Waals surface area contributed by atoms with Crippen molar-refractivity contribution in [3.8, 4) is 18.1 Å². The number of thiazole rings is 1. The minimum absolute atomic E-state index is 0.189. The molecule has 0 N–H and O–H groups in total. The summed E-state index contributed by atoms with van der Waals surface area (Å²) in [6, 6.07) is 7.85. The summed E-state index contributed by atoms with van der Waals surface area (Å²) >= 11 is 1.26. The summed E-state index contributed by atoms with van der Waals surface area (Å²) in [5.74, 6) is 1.71. The van der Waals surface area contributed by atoms with Crippen LogP contribution in [-0.4, -0.2) is 22.0 Å². The maximum absolute atomic E-state index is 12.3. The van der Waals surface area contributed by atoms with Gasteiger partial charge in [0.1, 0.15) is 16.2 Å². The molecule has 2 heterocycles. The third-order valence-electron chi connectivity index (χ3n) is 3.39. The second-order valence-corrected chi connectivity index (χ2v) is 6.03. The zero-order valence-corrected chi connectivity index (χ0v) is 14.5. The van der Waals surface area contributed by atoms with E-state index in [-0.39, 0.29) is 12.3 Å². The van der Waals surface area contributed by atoms with Gasteiger partial charge in [-0.05, 0) is 25.1 Å². The SMILES string of the molecule is C#CCn1c(=NC(=O)c2ccc([N+](=O)[O-])o2)sc2cccc(OCC)c21. The first kappa shape index (κ1) is 17.4. The number of carbonyl (C=O) groups is 1. The summed E-state index contributed by atoms with van der Waals surface area (Å²) in [5.41, 5.74) is 0.745. The smallest absolute Gasteiger partial charge is 0.433 e. The fourth-order valence-corrected chi connectivity index (χ4v) is 3.42. The summed E-state index contributed by atoms with van der Waals surface area (Å²) in [5, 5.41) is 10.7. The number of hydrogen-bond acceptors (Lipinski definition) is 6. The van der Waals surface area contributed by atoms with Crippen molar-refractivity contribution in [3.05, 3.63) is 51.0 Å². The maximum atomic E-state index is 12.3. The Hall–Kier alpha value is -3.38. The molecule has 0 aliphatic heterocycles. The van der Waals surface area contributed by atoms with Gasteiger partial charge in [0.05, 0.1) is 23.9 Å². The number of furan rings is 1. The minimum Gasteiger partial charge on any atom is -0.492 e. The lowest BCUT2D eigenvalue weighted by Crippen LogP contribution is -2.16. The number of carbonyl (C=O) groups excluding carboxylic acids is 1. The molecular weight excluding hydrogens is 358 g/mol. The Balaban J connectivity index is 2.14. The van der Waals surface area contributed by atoms with Gasteiger partial charge >= 0.3 is 11.8 Å². The van der Waals surface area contributed by atoms with Crippen LogP contribution in [0.3, 0.4) is 0 Å². The number of amides is 1. The van der Waals surface area contributed by atoms with E-state index in [2.05, 4.69) is 10.9 Å². The molecule has 2 aromatic heterocycles. The topological polar surface area (TPSA) is 99.9 Å². The van der Waals surface area contributed by atoms with Gasteiger partial charge in [-0.15, -0.1) is 6.42 Å². The first-order chi connectivity index (χ1) is 12.5. The molecule has 0 unspecified atom stereocenters. The van der Waals surface area contributed by atoms with Crippen LogP contribution < -0.4 is 9.54 Å². The van der Waals surface area contributed by atoms with Gasteiger partial charge in [-0.25, -0.2) is 0 Å². The fourth-order valence-electron chi connectivity index (χ4n) is 2.38. The van der Waals surface area contributed by atoms with Crippen LogP contribution in [0.2, 0.25) is 0 Å². The van der Waals surface area contributed by atoms with Gasteiger partial charge in [0.2, 0.25) is 5.76 Å². The predicted octanol–water partition coefficient (Wildman–Crippen LogP) is 2.98. The number of fused-ring (bicyclic) bond motifs is 1. The van der Waals surface area contributed by atoms with Crippen molar-refractivity contribution in [3.63, 3.8) is 0 Å². The molecule has 1 aromatic carbocycles. The van der Waals surface area contributed by atoms with Crippen LogP contribution in [0.4, 0.5) is 5.88 Å². The molecule has 0 saturated carbocycles. The molecule has 0 fully saturated rings. The van der Waals surface area contributed by atoms with E-state index in [4.69, 9.17) is 15.6 Å². The summed E-state index contributed by atoms with van der Waals surface area (Å²) in [6.45, 7) is 2.54. The quantitative estimate of drug-likeness (QED) is 0.390. The number of nitrogens with zero attached hydrogens (tertiary/aromatic N) is 3. The molecular formula is C17H13N3O5S. The van der Waals surface area contributed by atoms with Crippen molar-refractivity contribution in [1.29, 1.82) is 0 Å². The summed E-state index contributed by atoms with van der Waals surface area (Å²) < 4.78 is 13.1. The highest BCUT2D eigenvalue weighted by atomic mass is 32.1. The predicted molar refractivity (Wildman–Crippen MR) is 95.1 cm³/mol. The van der Waals surface area contributed by atoms with Crippen molar-refractivity contribution in [2.24, 2.45) is 4.99 Å². The molecule has 0 aliphatic rings. The number of para-hydroxylation sites is 1. The molecule has 9 heteroatoms. The number of terminal acetylenes is 1. The summed E-state index contributed by atoms with van der Waals surface area (Å²) in [4.78, 5) is 26.7. The van der Waals surface area contributed by atoms with E-state index in [9.17, 15) is 14.9 Å². The standard InChI is InChI=1S/C17H13N3O5S/c1-3-10-19-15-11(24-4-2)6-5-7-13(15)26-17(19)18-16(21)12-8-9-14(25-12)20(22)23/h1,5-9H,4,10H2,2H3. The number of ether oxygens (including phenoxy) is 1. The maximum Gasteiger partial charge on any atom is 0.433 e. The van der Waals surface area contributed by atoms with Crippen LogP contribution >= 0.6 is 11.3 Å². The Morgan fingerprint density at radius 2 is 2.27 bits per heavy atom. The van der Waals surface area contributed by atoms with Crippen molar-refractivity contribution in [2.75, 3.05) is 6.61 Å². The number of hydrogen-bond donors (Lipinski definition) is 0. The Morgan fingerprint density at radius 1 is 1.46 bits per heavy atom. The van der Waals surface area contributed by atoms with Gasteiger partial charge in [0.15, 0.2) is 4.80 Å². The molecule has 3 aromatic rings. The molecule has 8 nitrogen and oxygen atoms in total. The van der Waals surface area contributed by atoms with Crippen molar-refractivity contribution < 1.29 is 18.9 Å². The van der Waals surface area contributed by atoms with Crippen LogP contribution in [0.1, 0.15) is 17.5 Å². The zero-order valence-electron chi connectivity index (χ0n) is 13.7. The van der Waals surface area contributed by atoms with Crippen LogP contribution in [0, 0.1) is 22.5 Å². The third-order valence-corrected chi connectivity index (χ3v) is 4.44. The lowest BCUT2D eigenvalue weighted by atomic mass is 10.3. The van der Waals surface area contributed by atoms with Crippen molar-refractivity contribution in [1.82, 2.24) is 4.57 Å².